The first-order chi connectivity index (χ1) is 14.4. The molecule has 0 unspecified atom stereocenters. The van der Waals surface area contributed by atoms with Gasteiger partial charge in [-0.05, 0) is 61.9 Å². The number of carbonyl (C=O) groups excluding carboxylic acids is 2. The summed E-state index contributed by atoms with van der Waals surface area (Å²) in [5.41, 5.74) is 1.66. The number of methoxy groups -OCH3 is 1. The molecule has 0 aromatic heterocycles. The number of benzene rings is 2. The summed E-state index contributed by atoms with van der Waals surface area (Å²) >= 11 is 0. The summed E-state index contributed by atoms with van der Waals surface area (Å²) in [7, 11) is 1.34. The Bertz CT molecular complexity index is 895. The van der Waals surface area contributed by atoms with Crippen LogP contribution >= 0.6 is 0 Å². The topological polar surface area (TPSA) is 67.9 Å². The molecular weight excluding hydrogens is 394 g/mol. The lowest BCUT2D eigenvalue weighted by Gasteiger charge is -2.18. The maximum Gasteiger partial charge on any atom is 0.387 e. The average molecular weight is 418 g/mol. The molecule has 8 heteroatoms. The van der Waals surface area contributed by atoms with Gasteiger partial charge in [0, 0.05) is 30.4 Å². The molecule has 1 N–H and O–H groups in total. The van der Waals surface area contributed by atoms with Crippen molar-refractivity contribution in [1.82, 2.24) is 4.90 Å². The summed E-state index contributed by atoms with van der Waals surface area (Å²) in [6.45, 7) is 2.12. The van der Waals surface area contributed by atoms with Gasteiger partial charge >= 0.3 is 6.61 Å². The van der Waals surface area contributed by atoms with Gasteiger partial charge in [0.25, 0.3) is 5.91 Å². The molecular formula is C22H24F2N2O4. The van der Waals surface area contributed by atoms with Crippen molar-refractivity contribution in [2.45, 2.75) is 20.5 Å². The Labute approximate surface area is 174 Å². The van der Waals surface area contributed by atoms with Gasteiger partial charge in [-0.2, -0.15) is 8.78 Å². The van der Waals surface area contributed by atoms with E-state index < -0.39 is 6.61 Å². The van der Waals surface area contributed by atoms with Crippen molar-refractivity contribution in [3.05, 3.63) is 59.7 Å². The molecule has 0 fully saturated rings. The highest BCUT2D eigenvalue weighted by molar-refractivity contribution is 6.02. The Morgan fingerprint density at radius 1 is 1.07 bits per heavy atom. The van der Waals surface area contributed by atoms with Gasteiger partial charge < -0.3 is 19.7 Å². The molecule has 0 saturated heterocycles. The Hall–Kier alpha value is -3.42. The van der Waals surface area contributed by atoms with Crippen LogP contribution in [0.1, 0.15) is 29.8 Å². The zero-order valence-corrected chi connectivity index (χ0v) is 17.0. The number of hydrogen-bond acceptors (Lipinski definition) is 4. The molecule has 6 nitrogen and oxygen atoms in total. The van der Waals surface area contributed by atoms with E-state index in [4.69, 9.17) is 4.74 Å². The quantitative estimate of drug-likeness (QED) is 0.612. The second-order valence-corrected chi connectivity index (χ2v) is 6.17. The van der Waals surface area contributed by atoms with Gasteiger partial charge in [-0.1, -0.05) is 6.07 Å². The Kier molecular flexibility index (Phi) is 8.34. The molecule has 0 aliphatic rings. The molecule has 0 atom stereocenters. The third-order valence-corrected chi connectivity index (χ3v) is 4.28. The fourth-order valence-electron chi connectivity index (χ4n) is 2.73. The summed E-state index contributed by atoms with van der Waals surface area (Å²) in [5, 5.41) is 2.70. The van der Waals surface area contributed by atoms with E-state index in [2.05, 4.69) is 10.1 Å². The van der Waals surface area contributed by atoms with Crippen LogP contribution in [0.4, 0.5) is 14.5 Å². The Morgan fingerprint density at radius 3 is 2.30 bits per heavy atom. The summed E-state index contributed by atoms with van der Waals surface area (Å²) in [6.07, 6.45) is 2.82. The molecule has 2 amide bonds. The first-order valence-corrected chi connectivity index (χ1v) is 9.39. The van der Waals surface area contributed by atoms with Crippen LogP contribution in [0.15, 0.2) is 48.5 Å². The van der Waals surface area contributed by atoms with Gasteiger partial charge in [0.15, 0.2) is 11.5 Å². The van der Waals surface area contributed by atoms with Gasteiger partial charge in [-0.3, -0.25) is 9.59 Å². The number of halogens is 2. The highest BCUT2D eigenvalue weighted by Gasteiger charge is 2.12. The summed E-state index contributed by atoms with van der Waals surface area (Å²) in [6, 6.07) is 11.0. The summed E-state index contributed by atoms with van der Waals surface area (Å²) < 4.78 is 34.1. The minimum absolute atomic E-state index is 0.0639. The monoisotopic (exact) mass is 418 g/mol. The minimum Gasteiger partial charge on any atom is -0.493 e. The van der Waals surface area contributed by atoms with E-state index in [1.165, 1.54) is 37.5 Å². The zero-order chi connectivity index (χ0) is 22.1. The predicted molar refractivity (Wildman–Crippen MR) is 111 cm³/mol. The molecule has 2 rings (SSSR count). The van der Waals surface area contributed by atoms with Gasteiger partial charge in [0.2, 0.25) is 5.91 Å². The maximum atomic E-state index is 12.4. The van der Waals surface area contributed by atoms with E-state index >= 15 is 0 Å². The fraction of sp³-hybridized carbons (Fsp3) is 0.273. The van der Waals surface area contributed by atoms with Crippen molar-refractivity contribution in [3.8, 4) is 11.5 Å². The number of carbonyl (C=O) groups is 2. The number of ether oxygens (including phenoxy) is 2. The average Bonchev–Trinajstić information content (AvgIpc) is 2.74. The van der Waals surface area contributed by atoms with E-state index in [9.17, 15) is 18.4 Å². The Morgan fingerprint density at radius 2 is 1.73 bits per heavy atom. The molecule has 0 radical (unpaired) electrons. The molecule has 0 saturated carbocycles. The third kappa shape index (κ3) is 6.30. The number of hydrogen-bond donors (Lipinski definition) is 1. The molecule has 30 heavy (non-hydrogen) atoms. The van der Waals surface area contributed by atoms with Gasteiger partial charge in [0.1, 0.15) is 0 Å². The van der Waals surface area contributed by atoms with Crippen LogP contribution in [-0.4, -0.2) is 43.5 Å². The SMILES string of the molecule is CCN(CC)C(=O)c1ccc(NC(=O)/C=C/c2ccc(OC(F)F)c(OC)c2)cc1. The van der Waals surface area contributed by atoms with Crippen molar-refractivity contribution in [3.63, 3.8) is 0 Å². The zero-order valence-electron chi connectivity index (χ0n) is 17.0. The van der Waals surface area contributed by atoms with Crippen LogP contribution in [-0.2, 0) is 4.79 Å². The first-order valence-electron chi connectivity index (χ1n) is 9.39. The molecule has 2 aromatic carbocycles. The van der Waals surface area contributed by atoms with Crippen LogP contribution in [0.25, 0.3) is 6.08 Å². The molecule has 160 valence electrons. The second kappa shape index (κ2) is 10.9. The second-order valence-electron chi connectivity index (χ2n) is 6.17. The van der Waals surface area contributed by atoms with Gasteiger partial charge in [-0.25, -0.2) is 0 Å². The lowest BCUT2D eigenvalue weighted by atomic mass is 10.1. The molecule has 2 aromatic rings. The van der Waals surface area contributed by atoms with Crippen molar-refractivity contribution >= 4 is 23.6 Å². The smallest absolute Gasteiger partial charge is 0.387 e. The Balaban J connectivity index is 2.01. The molecule has 0 aliphatic carbocycles. The first kappa shape index (κ1) is 22.9. The number of anilines is 1. The van der Waals surface area contributed by atoms with Crippen molar-refractivity contribution < 1.29 is 27.8 Å². The van der Waals surface area contributed by atoms with Gasteiger partial charge in [0.05, 0.1) is 7.11 Å². The number of rotatable bonds is 9. The van der Waals surface area contributed by atoms with E-state index in [0.717, 1.165) is 0 Å². The highest BCUT2D eigenvalue weighted by atomic mass is 19.3. The highest BCUT2D eigenvalue weighted by Crippen LogP contribution is 2.29. The summed E-state index contributed by atoms with van der Waals surface area (Å²) in [5.74, 6) is -0.407. The summed E-state index contributed by atoms with van der Waals surface area (Å²) in [4.78, 5) is 26.2. The largest absolute Gasteiger partial charge is 0.493 e. The van der Waals surface area contributed by atoms with Crippen molar-refractivity contribution in [2.75, 3.05) is 25.5 Å². The van der Waals surface area contributed by atoms with Crippen LogP contribution in [0, 0.1) is 0 Å². The number of alkyl halides is 2. The predicted octanol–water partition coefficient (Wildman–Crippen LogP) is 4.43. The van der Waals surface area contributed by atoms with E-state index in [1.807, 2.05) is 13.8 Å². The van der Waals surface area contributed by atoms with Crippen LogP contribution in [0.3, 0.4) is 0 Å². The molecule has 0 heterocycles. The lowest BCUT2D eigenvalue weighted by molar-refractivity contribution is -0.111. The standard InChI is InChI=1S/C22H24F2N2O4/c1-4-26(5-2)21(28)16-8-10-17(11-9-16)25-20(27)13-7-15-6-12-18(30-22(23)24)19(14-15)29-3/h6-14,22H,4-5H2,1-3H3,(H,25,27)/b13-7+. The van der Waals surface area contributed by atoms with E-state index in [0.29, 0.717) is 29.9 Å². The van der Waals surface area contributed by atoms with Crippen LogP contribution in [0.5, 0.6) is 11.5 Å². The number of amides is 2. The normalized spacial score (nSPS) is 10.9. The lowest BCUT2D eigenvalue weighted by Crippen LogP contribution is -2.30. The fourth-order valence-corrected chi connectivity index (χ4v) is 2.73. The molecule has 0 aliphatic heterocycles. The van der Waals surface area contributed by atoms with Crippen molar-refractivity contribution in [1.29, 1.82) is 0 Å². The third-order valence-electron chi connectivity index (χ3n) is 4.28. The van der Waals surface area contributed by atoms with Crippen molar-refractivity contribution in [2.24, 2.45) is 0 Å². The minimum atomic E-state index is -2.96. The van der Waals surface area contributed by atoms with Crippen LogP contribution < -0.4 is 14.8 Å². The van der Waals surface area contributed by atoms with Crippen LogP contribution in [0.2, 0.25) is 0 Å². The number of nitrogens with one attached hydrogen (secondary N) is 1. The molecule has 0 spiro atoms. The molecule has 0 bridgehead atoms. The van der Waals surface area contributed by atoms with E-state index in [1.54, 1.807) is 29.2 Å². The van der Waals surface area contributed by atoms with Gasteiger partial charge in [-0.15, -0.1) is 0 Å². The number of nitrogens with zero attached hydrogens (tertiary/aromatic N) is 1. The maximum absolute atomic E-state index is 12.4. The van der Waals surface area contributed by atoms with E-state index in [-0.39, 0.29) is 23.3 Å².